The normalized spacial score (nSPS) is 33.4. The molecule has 0 saturated carbocycles. The van der Waals surface area contributed by atoms with Gasteiger partial charge in [-0.3, -0.25) is 4.79 Å². The summed E-state index contributed by atoms with van der Waals surface area (Å²) >= 11 is 0. The molecule has 0 aliphatic carbocycles. The summed E-state index contributed by atoms with van der Waals surface area (Å²) in [5.74, 6) is -1.44. The molecule has 3 aliphatic heterocycles. The molecule has 10 atom stereocenters. The lowest BCUT2D eigenvalue weighted by atomic mass is 9.96. The van der Waals surface area contributed by atoms with Crippen LogP contribution in [0.4, 0.5) is 0 Å². The van der Waals surface area contributed by atoms with E-state index in [1.807, 2.05) is 32.0 Å². The minimum atomic E-state index is -1.48. The van der Waals surface area contributed by atoms with Crippen LogP contribution >= 0.6 is 0 Å². The monoisotopic (exact) mass is 607 g/mol. The number of unbranched alkanes of at least 4 members (excludes halogenated alkanes) is 2. The third-order valence-corrected chi connectivity index (χ3v) is 7.41. The van der Waals surface area contributed by atoms with Gasteiger partial charge in [0, 0.05) is 25.0 Å². The van der Waals surface area contributed by atoms with E-state index < -0.39 is 73.3 Å². The Labute approximate surface area is 250 Å². The van der Waals surface area contributed by atoms with Crippen molar-refractivity contribution in [1.82, 2.24) is 0 Å². The lowest BCUT2D eigenvalue weighted by molar-refractivity contribution is -0.336. The number of esters is 2. The molecule has 3 heterocycles. The number of carbonyl (C=O) groups is 2. The number of nitrogens with zero attached hydrogens (tertiary/aromatic N) is 3. The summed E-state index contributed by atoms with van der Waals surface area (Å²) in [6.45, 7) is 5.87. The van der Waals surface area contributed by atoms with Gasteiger partial charge >= 0.3 is 11.9 Å². The SMILES string of the molecule is CCCCOC1[C@H](O)[C@H](C(=O)OCc2ccccc2)O[C@@H](O[C@@H]2C3CO[C@H](O3)[C@@H](N=[N+]=[N-])C2OC(C)=O)[C@H]1OCCCC. The Balaban J connectivity index is 1.62. The summed E-state index contributed by atoms with van der Waals surface area (Å²) in [4.78, 5) is 28.3. The molecule has 3 unspecified atom stereocenters. The van der Waals surface area contributed by atoms with Gasteiger partial charge < -0.3 is 43.0 Å². The highest BCUT2D eigenvalue weighted by Gasteiger charge is 2.57. The van der Waals surface area contributed by atoms with Crippen molar-refractivity contribution >= 4 is 11.9 Å². The van der Waals surface area contributed by atoms with Gasteiger partial charge in [0.15, 0.2) is 18.7 Å². The zero-order valence-corrected chi connectivity index (χ0v) is 24.7. The van der Waals surface area contributed by atoms with Crippen molar-refractivity contribution in [1.29, 1.82) is 0 Å². The molecule has 43 heavy (non-hydrogen) atoms. The number of ether oxygens (including phenoxy) is 8. The fourth-order valence-corrected chi connectivity index (χ4v) is 5.21. The van der Waals surface area contributed by atoms with Crippen molar-refractivity contribution in [3.63, 3.8) is 0 Å². The summed E-state index contributed by atoms with van der Waals surface area (Å²) in [6.07, 6.45) is -6.87. The van der Waals surface area contributed by atoms with Crippen molar-refractivity contribution in [2.75, 3.05) is 19.8 Å². The first-order valence-electron chi connectivity index (χ1n) is 14.8. The number of aliphatic hydroxyl groups is 1. The molecule has 0 radical (unpaired) electrons. The van der Waals surface area contributed by atoms with Crippen molar-refractivity contribution in [2.45, 2.75) is 114 Å². The van der Waals surface area contributed by atoms with E-state index in [1.165, 1.54) is 6.92 Å². The second-order valence-corrected chi connectivity index (χ2v) is 10.6. The molecule has 2 bridgehead atoms. The van der Waals surface area contributed by atoms with E-state index in [0.29, 0.717) is 26.1 Å². The first kappa shape index (κ1) is 33.1. The van der Waals surface area contributed by atoms with Crippen LogP contribution in [0, 0.1) is 0 Å². The maximum Gasteiger partial charge on any atom is 0.338 e. The highest BCUT2D eigenvalue weighted by atomic mass is 16.8. The smallest absolute Gasteiger partial charge is 0.338 e. The lowest BCUT2D eigenvalue weighted by Gasteiger charge is -2.46. The number of benzene rings is 1. The Kier molecular flexibility index (Phi) is 12.6. The quantitative estimate of drug-likeness (QED) is 0.102. The van der Waals surface area contributed by atoms with Crippen molar-refractivity contribution < 1.29 is 52.6 Å². The Morgan fingerprint density at radius 1 is 1.02 bits per heavy atom. The molecule has 4 rings (SSSR count). The van der Waals surface area contributed by atoms with Crippen LogP contribution in [-0.4, -0.2) is 98.2 Å². The van der Waals surface area contributed by atoms with Crippen molar-refractivity contribution in [3.05, 3.63) is 46.3 Å². The summed E-state index contributed by atoms with van der Waals surface area (Å²) in [5, 5.41) is 15.1. The van der Waals surface area contributed by atoms with E-state index in [4.69, 9.17) is 37.9 Å². The van der Waals surface area contributed by atoms with Gasteiger partial charge in [0.25, 0.3) is 0 Å². The van der Waals surface area contributed by atoms with Gasteiger partial charge in [0.1, 0.15) is 49.3 Å². The Morgan fingerprint density at radius 3 is 2.37 bits per heavy atom. The van der Waals surface area contributed by atoms with Gasteiger partial charge in [0.2, 0.25) is 0 Å². The van der Waals surface area contributed by atoms with Gasteiger partial charge in [-0.2, -0.15) is 0 Å². The van der Waals surface area contributed by atoms with Crippen molar-refractivity contribution in [3.8, 4) is 0 Å². The fourth-order valence-electron chi connectivity index (χ4n) is 5.21. The maximum atomic E-state index is 13.3. The van der Waals surface area contributed by atoms with Crippen LogP contribution in [0.2, 0.25) is 0 Å². The summed E-state index contributed by atoms with van der Waals surface area (Å²) in [6, 6.07) is 8.06. The molecule has 0 spiro atoms. The average Bonchev–Trinajstić information content (AvgIpc) is 3.44. The molecule has 3 fully saturated rings. The standard InChI is InChI=1S/C29H41N3O11/c1-4-6-13-36-24-21(34)25(27(35)38-15-18-11-9-8-10-12-18)43-29(26(24)37-14-7-5-2)42-22-19-16-39-28(41-19)20(31-32-30)23(22)40-17(3)33/h8-12,19-26,28-29,34H,4-7,13-16H2,1-3H3/t19?,20-,21-,22+,23?,24?,25+,26-,28+,29+/m0/s1. The van der Waals surface area contributed by atoms with Crippen LogP contribution < -0.4 is 0 Å². The molecule has 1 aromatic carbocycles. The lowest BCUT2D eigenvalue weighted by Crippen LogP contribution is -2.65. The second kappa shape index (κ2) is 16.3. The zero-order chi connectivity index (χ0) is 30.8. The number of fused-ring (bicyclic) bond motifs is 2. The van der Waals surface area contributed by atoms with Gasteiger partial charge in [-0.25, -0.2) is 4.79 Å². The molecular weight excluding hydrogens is 566 g/mol. The molecule has 0 aromatic heterocycles. The fraction of sp³-hybridized carbons (Fsp3) is 0.724. The number of rotatable bonds is 15. The summed E-state index contributed by atoms with van der Waals surface area (Å²) < 4.78 is 47.4. The molecule has 0 amide bonds. The zero-order valence-electron chi connectivity index (χ0n) is 24.7. The molecule has 3 saturated heterocycles. The van der Waals surface area contributed by atoms with Gasteiger partial charge in [0.05, 0.1) is 6.61 Å². The highest BCUT2D eigenvalue weighted by molar-refractivity contribution is 5.75. The third-order valence-electron chi connectivity index (χ3n) is 7.41. The van der Waals surface area contributed by atoms with Gasteiger partial charge in [-0.15, -0.1) is 0 Å². The Bertz CT molecular complexity index is 1090. The van der Waals surface area contributed by atoms with Gasteiger partial charge in [-0.05, 0) is 23.9 Å². The molecule has 238 valence electrons. The van der Waals surface area contributed by atoms with E-state index in [0.717, 1.165) is 18.4 Å². The molecule has 3 aliphatic rings. The van der Waals surface area contributed by atoms with Crippen LogP contribution in [-0.2, 0) is 54.1 Å². The average molecular weight is 608 g/mol. The minimum absolute atomic E-state index is 0.0325. The second-order valence-electron chi connectivity index (χ2n) is 10.6. The van der Waals surface area contributed by atoms with Crippen LogP contribution in [0.3, 0.4) is 0 Å². The largest absolute Gasteiger partial charge is 0.459 e. The number of carbonyl (C=O) groups excluding carboxylic acids is 2. The maximum absolute atomic E-state index is 13.3. The molecule has 14 nitrogen and oxygen atoms in total. The van der Waals surface area contributed by atoms with E-state index >= 15 is 0 Å². The number of aliphatic hydroxyl groups excluding tert-OH is 1. The number of hydrogen-bond donors (Lipinski definition) is 1. The Morgan fingerprint density at radius 2 is 1.72 bits per heavy atom. The number of azide groups is 1. The molecular formula is C29H41N3O11. The summed E-state index contributed by atoms with van der Waals surface area (Å²) in [5.41, 5.74) is 9.95. The van der Waals surface area contributed by atoms with Crippen molar-refractivity contribution in [2.24, 2.45) is 5.11 Å². The molecule has 1 N–H and O–H groups in total. The topological polar surface area (TPSA) is 177 Å². The van der Waals surface area contributed by atoms with Crippen LogP contribution in [0.5, 0.6) is 0 Å². The van der Waals surface area contributed by atoms with E-state index in [2.05, 4.69) is 10.0 Å². The molecule has 14 heteroatoms. The first-order valence-corrected chi connectivity index (χ1v) is 14.8. The molecule has 1 aromatic rings. The van der Waals surface area contributed by atoms with E-state index in [1.54, 1.807) is 12.1 Å². The Hall–Kier alpha value is -2.81. The number of hydrogen-bond acceptors (Lipinski definition) is 12. The first-order chi connectivity index (χ1) is 20.9. The van der Waals surface area contributed by atoms with Crippen LogP contribution in [0.25, 0.3) is 10.4 Å². The third kappa shape index (κ3) is 8.43. The van der Waals surface area contributed by atoms with E-state index in [-0.39, 0.29) is 13.2 Å². The van der Waals surface area contributed by atoms with Gasteiger partial charge in [-0.1, -0.05) is 62.1 Å². The minimum Gasteiger partial charge on any atom is -0.459 e. The van der Waals surface area contributed by atoms with Crippen LogP contribution in [0.15, 0.2) is 35.4 Å². The predicted octanol–water partition coefficient (Wildman–Crippen LogP) is 2.94. The predicted molar refractivity (Wildman–Crippen MR) is 148 cm³/mol. The highest BCUT2D eigenvalue weighted by Crippen LogP contribution is 2.37. The summed E-state index contributed by atoms with van der Waals surface area (Å²) in [7, 11) is 0. The van der Waals surface area contributed by atoms with Crippen LogP contribution in [0.1, 0.15) is 52.0 Å². The van der Waals surface area contributed by atoms with E-state index in [9.17, 15) is 20.2 Å².